The van der Waals surface area contributed by atoms with Crippen molar-refractivity contribution in [3.63, 3.8) is 0 Å². The van der Waals surface area contributed by atoms with Gasteiger partial charge in [-0.05, 0) is 49.1 Å². The second kappa shape index (κ2) is 10.8. The number of halogens is 2. The van der Waals surface area contributed by atoms with Crippen molar-refractivity contribution in [1.82, 2.24) is 14.9 Å². The molecular formula is C31H28Cl2N4O3. The first kappa shape index (κ1) is 26.7. The van der Waals surface area contributed by atoms with Crippen LogP contribution in [-0.4, -0.2) is 52.2 Å². The fourth-order valence-corrected chi connectivity index (χ4v) is 6.15. The van der Waals surface area contributed by atoms with Crippen molar-refractivity contribution in [2.45, 2.75) is 31.9 Å². The summed E-state index contributed by atoms with van der Waals surface area (Å²) < 4.78 is 5.75. The van der Waals surface area contributed by atoms with Gasteiger partial charge in [-0.3, -0.25) is 14.7 Å². The molecule has 4 aromatic rings. The SMILES string of the molecule is COc1nc(-c2cccc(-c3cccc(NC(=O)c4ccc(C)cn4)c3Cl)c2Cl)cc2c1C(N1CC(O)C1)CC2. The van der Waals surface area contributed by atoms with Gasteiger partial charge in [-0.25, -0.2) is 4.98 Å². The second-order valence-electron chi connectivity index (χ2n) is 10.3. The number of nitrogens with one attached hydrogen (secondary N) is 1. The van der Waals surface area contributed by atoms with Gasteiger partial charge in [0, 0.05) is 47.6 Å². The lowest BCUT2D eigenvalue weighted by molar-refractivity contribution is -0.0256. The number of carbonyl (C=O) groups is 1. The summed E-state index contributed by atoms with van der Waals surface area (Å²) in [6, 6.07) is 17.0. The van der Waals surface area contributed by atoms with Crippen LogP contribution in [0.1, 0.15) is 39.6 Å². The van der Waals surface area contributed by atoms with Gasteiger partial charge in [0.1, 0.15) is 5.69 Å². The summed E-state index contributed by atoms with van der Waals surface area (Å²) in [5.41, 5.74) is 6.91. The quantitative estimate of drug-likeness (QED) is 0.279. The number of likely N-dealkylation sites (tertiary alicyclic amines) is 1. The van der Waals surface area contributed by atoms with E-state index in [2.05, 4.69) is 21.3 Å². The van der Waals surface area contributed by atoms with Gasteiger partial charge in [0.15, 0.2) is 0 Å². The molecule has 2 aliphatic rings. The molecule has 0 saturated carbocycles. The number of fused-ring (bicyclic) bond motifs is 1. The van der Waals surface area contributed by atoms with Crippen LogP contribution in [0.15, 0.2) is 60.8 Å². The molecule has 2 aromatic carbocycles. The second-order valence-corrected chi connectivity index (χ2v) is 11.0. The number of methoxy groups -OCH3 is 1. The van der Waals surface area contributed by atoms with Crippen molar-refractivity contribution in [2.75, 3.05) is 25.5 Å². The first-order valence-electron chi connectivity index (χ1n) is 13.2. The van der Waals surface area contributed by atoms with E-state index < -0.39 is 0 Å². The number of rotatable bonds is 6. The molecule has 0 radical (unpaired) electrons. The minimum atomic E-state index is -0.348. The van der Waals surface area contributed by atoms with Crippen LogP contribution in [0.3, 0.4) is 0 Å². The van der Waals surface area contributed by atoms with Crippen LogP contribution < -0.4 is 10.1 Å². The number of hydrogen-bond acceptors (Lipinski definition) is 6. The number of amides is 1. The number of hydrogen-bond donors (Lipinski definition) is 2. The number of nitrogens with zero attached hydrogens (tertiary/aromatic N) is 3. The monoisotopic (exact) mass is 574 g/mol. The van der Waals surface area contributed by atoms with E-state index in [-0.39, 0.29) is 18.1 Å². The van der Waals surface area contributed by atoms with E-state index in [1.807, 2.05) is 43.3 Å². The molecule has 0 bridgehead atoms. The van der Waals surface area contributed by atoms with Crippen molar-refractivity contribution in [2.24, 2.45) is 0 Å². The Morgan fingerprint density at radius 2 is 1.77 bits per heavy atom. The maximum Gasteiger partial charge on any atom is 0.274 e. The molecule has 1 amide bonds. The summed E-state index contributed by atoms with van der Waals surface area (Å²) in [5.74, 6) is 0.240. The normalized spacial score (nSPS) is 16.9. The predicted molar refractivity (Wildman–Crippen MR) is 157 cm³/mol. The third kappa shape index (κ3) is 4.84. The summed E-state index contributed by atoms with van der Waals surface area (Å²) in [5, 5.41) is 13.5. The number of benzene rings is 2. The molecule has 204 valence electrons. The number of carbonyl (C=O) groups excluding carboxylic acids is 1. The first-order chi connectivity index (χ1) is 19.3. The minimum Gasteiger partial charge on any atom is -0.481 e. The van der Waals surface area contributed by atoms with Crippen molar-refractivity contribution in [3.8, 4) is 28.3 Å². The zero-order chi connectivity index (χ0) is 28.0. The van der Waals surface area contributed by atoms with E-state index in [0.29, 0.717) is 46.0 Å². The number of β-amino-alcohol motifs (C(OH)–C–C–N with tert-alkyl or cyclic N) is 1. The van der Waals surface area contributed by atoms with Crippen LogP contribution >= 0.6 is 23.2 Å². The van der Waals surface area contributed by atoms with Gasteiger partial charge < -0.3 is 15.2 Å². The molecule has 9 heteroatoms. The largest absolute Gasteiger partial charge is 0.481 e. The van der Waals surface area contributed by atoms with E-state index in [9.17, 15) is 9.90 Å². The molecule has 3 heterocycles. The summed E-state index contributed by atoms with van der Waals surface area (Å²) in [6.45, 7) is 3.26. The van der Waals surface area contributed by atoms with Crippen LogP contribution in [0.25, 0.3) is 22.4 Å². The minimum absolute atomic E-state index is 0.198. The molecule has 1 saturated heterocycles. The van der Waals surface area contributed by atoms with Crippen molar-refractivity contribution < 1.29 is 14.6 Å². The van der Waals surface area contributed by atoms with Gasteiger partial charge in [-0.2, -0.15) is 0 Å². The average Bonchev–Trinajstić information content (AvgIpc) is 3.36. The highest BCUT2D eigenvalue weighted by molar-refractivity contribution is 6.39. The molecule has 1 atom stereocenters. The fourth-order valence-electron chi connectivity index (χ4n) is 5.55. The van der Waals surface area contributed by atoms with Gasteiger partial charge in [0.2, 0.25) is 5.88 Å². The zero-order valence-corrected chi connectivity index (χ0v) is 23.6. The highest BCUT2D eigenvalue weighted by atomic mass is 35.5. The van der Waals surface area contributed by atoms with Crippen LogP contribution in [-0.2, 0) is 6.42 Å². The predicted octanol–water partition coefficient (Wildman–Crippen LogP) is 6.35. The smallest absolute Gasteiger partial charge is 0.274 e. The van der Waals surface area contributed by atoms with Crippen LogP contribution in [0, 0.1) is 6.92 Å². The van der Waals surface area contributed by atoms with Crippen molar-refractivity contribution >= 4 is 34.8 Å². The van der Waals surface area contributed by atoms with Crippen LogP contribution in [0.2, 0.25) is 10.0 Å². The summed E-state index contributed by atoms with van der Waals surface area (Å²) in [6.07, 6.45) is 3.25. The number of ether oxygens (including phenoxy) is 1. The Balaban J connectivity index is 1.33. The Bertz CT molecular complexity index is 1600. The molecule has 2 N–H and O–H groups in total. The lowest BCUT2D eigenvalue weighted by Gasteiger charge is -2.40. The highest BCUT2D eigenvalue weighted by Crippen LogP contribution is 2.46. The van der Waals surface area contributed by atoms with Gasteiger partial charge in [-0.1, -0.05) is 59.6 Å². The van der Waals surface area contributed by atoms with Crippen LogP contribution in [0.4, 0.5) is 5.69 Å². The number of anilines is 1. The van der Waals surface area contributed by atoms with Crippen LogP contribution in [0.5, 0.6) is 5.88 Å². The molecule has 2 aromatic heterocycles. The zero-order valence-electron chi connectivity index (χ0n) is 22.1. The Morgan fingerprint density at radius 3 is 2.48 bits per heavy atom. The topological polar surface area (TPSA) is 87.6 Å². The molecule has 0 spiro atoms. The number of aryl methyl sites for hydroxylation is 2. The Labute approximate surface area is 242 Å². The lowest BCUT2D eigenvalue weighted by Crippen LogP contribution is -2.51. The molecule has 40 heavy (non-hydrogen) atoms. The highest BCUT2D eigenvalue weighted by Gasteiger charge is 2.38. The maximum atomic E-state index is 12.8. The first-order valence-corrected chi connectivity index (χ1v) is 13.9. The molecule has 7 nitrogen and oxygen atoms in total. The average molecular weight is 575 g/mol. The summed E-state index contributed by atoms with van der Waals surface area (Å²) in [4.78, 5) is 24.1. The number of aliphatic hydroxyl groups is 1. The van der Waals surface area contributed by atoms with Gasteiger partial charge in [-0.15, -0.1) is 0 Å². The van der Waals surface area contributed by atoms with E-state index in [4.69, 9.17) is 32.9 Å². The van der Waals surface area contributed by atoms with Gasteiger partial charge >= 0.3 is 0 Å². The standard InChI is InChI=1S/C31H28Cl2N4O3/c1-17-9-11-24(34-14-17)30(39)35-23-8-4-6-21(29(23)33)20-5-3-7-22(28(20)32)25-13-18-10-12-26(37-15-19(38)16-37)27(18)31(36-25)40-2/h3-9,11,13-14,19,26,38H,10,12,15-16H2,1-2H3,(H,35,39). The number of aromatic nitrogens is 2. The fraction of sp³-hybridized carbons (Fsp3) is 0.258. The van der Waals surface area contributed by atoms with Gasteiger partial charge in [0.05, 0.1) is 34.6 Å². The molecule has 1 fully saturated rings. The van der Waals surface area contributed by atoms with Crippen molar-refractivity contribution in [1.29, 1.82) is 0 Å². The molecule has 6 rings (SSSR count). The molecule has 1 aliphatic carbocycles. The van der Waals surface area contributed by atoms with E-state index in [1.165, 1.54) is 5.56 Å². The van der Waals surface area contributed by atoms with Crippen molar-refractivity contribution in [3.05, 3.63) is 93.2 Å². The molecule has 1 unspecified atom stereocenters. The maximum absolute atomic E-state index is 12.8. The van der Waals surface area contributed by atoms with E-state index >= 15 is 0 Å². The summed E-state index contributed by atoms with van der Waals surface area (Å²) >= 11 is 13.8. The Morgan fingerprint density at radius 1 is 1.05 bits per heavy atom. The lowest BCUT2D eigenvalue weighted by atomic mass is 9.98. The third-order valence-corrected chi connectivity index (χ3v) is 8.42. The summed E-state index contributed by atoms with van der Waals surface area (Å²) in [7, 11) is 1.64. The van der Waals surface area contributed by atoms with E-state index in [1.54, 1.807) is 25.4 Å². The van der Waals surface area contributed by atoms with E-state index in [0.717, 1.165) is 40.8 Å². The number of aliphatic hydroxyl groups excluding tert-OH is 1. The Hall–Kier alpha value is -3.49. The van der Waals surface area contributed by atoms with Gasteiger partial charge in [0.25, 0.3) is 5.91 Å². The molecular weight excluding hydrogens is 547 g/mol. The number of pyridine rings is 2. The third-order valence-electron chi connectivity index (χ3n) is 7.61. The Kier molecular flexibility index (Phi) is 7.23. The molecule has 1 aliphatic heterocycles.